The Kier molecular flexibility index (Phi) is 5.07. The molecular weight excluding hydrogens is 186 g/mol. The predicted molar refractivity (Wildman–Crippen MR) is 50.0 cm³/mol. The molecule has 0 fully saturated rings. The smallest absolute Gasteiger partial charge is 0.231 e. The number of nitroso groups, excluding NO2 is 1. The molecule has 14 heavy (non-hydrogen) atoms. The van der Waals surface area contributed by atoms with Gasteiger partial charge in [0.2, 0.25) is 6.04 Å². The summed E-state index contributed by atoms with van der Waals surface area (Å²) in [7, 11) is 0. The first kappa shape index (κ1) is 12.2. The van der Waals surface area contributed by atoms with Crippen molar-refractivity contribution < 1.29 is 4.92 Å². The zero-order chi connectivity index (χ0) is 11.1. The molecule has 2 atom stereocenters. The Morgan fingerprint density at radius 1 is 1.79 bits per heavy atom. The van der Waals surface area contributed by atoms with Crippen molar-refractivity contribution in [1.82, 2.24) is 0 Å². The molecule has 0 aromatic heterocycles. The van der Waals surface area contributed by atoms with Crippen LogP contribution in [-0.4, -0.2) is 17.0 Å². The average Bonchev–Trinajstić information content (AvgIpc) is 2.19. The van der Waals surface area contributed by atoms with Crippen LogP contribution in [0.25, 0.3) is 0 Å². The third-order valence-corrected chi connectivity index (χ3v) is 1.88. The third kappa shape index (κ3) is 3.31. The molecule has 76 valence electrons. The second-order valence-corrected chi connectivity index (χ2v) is 2.74. The van der Waals surface area contributed by atoms with Crippen LogP contribution in [0.4, 0.5) is 0 Å². The van der Waals surface area contributed by atoms with E-state index in [4.69, 9.17) is 5.26 Å². The zero-order valence-electron chi connectivity index (χ0n) is 8.01. The average molecular weight is 197 g/mol. The Bertz CT molecular complexity index is 293. The van der Waals surface area contributed by atoms with Gasteiger partial charge in [-0.3, -0.25) is 10.1 Å². The summed E-state index contributed by atoms with van der Waals surface area (Å²) >= 11 is 0. The van der Waals surface area contributed by atoms with Crippen molar-refractivity contribution in [2.24, 2.45) is 5.18 Å². The highest BCUT2D eigenvalue weighted by atomic mass is 16.6. The van der Waals surface area contributed by atoms with E-state index < -0.39 is 17.0 Å². The molecule has 0 rings (SSSR count). The highest BCUT2D eigenvalue weighted by molar-refractivity contribution is 5.16. The largest absolute Gasteiger partial charge is 0.264 e. The Labute approximate surface area is 81.3 Å². The fourth-order valence-corrected chi connectivity index (χ4v) is 0.982. The maximum absolute atomic E-state index is 10.4. The van der Waals surface area contributed by atoms with Crippen LogP contribution in [0, 0.1) is 26.4 Å². The fraction of sp³-hybridized carbons (Fsp3) is 0.625. The highest BCUT2D eigenvalue weighted by Crippen LogP contribution is 2.11. The van der Waals surface area contributed by atoms with E-state index in [0.717, 1.165) is 0 Å². The van der Waals surface area contributed by atoms with E-state index in [1.807, 2.05) is 0 Å². The zero-order valence-corrected chi connectivity index (χ0v) is 8.01. The summed E-state index contributed by atoms with van der Waals surface area (Å²) in [6.45, 7) is 3.14. The van der Waals surface area contributed by atoms with Gasteiger partial charge in [0.05, 0.1) is 6.07 Å². The quantitative estimate of drug-likeness (QED) is 0.289. The van der Waals surface area contributed by atoms with Crippen molar-refractivity contribution in [1.29, 1.82) is 5.26 Å². The van der Waals surface area contributed by atoms with Crippen LogP contribution >= 0.6 is 0 Å². The van der Waals surface area contributed by atoms with Gasteiger partial charge in [0.1, 0.15) is 0 Å². The molecule has 2 unspecified atom stereocenters. The van der Waals surface area contributed by atoms with Gasteiger partial charge in [-0.25, -0.2) is 0 Å². The van der Waals surface area contributed by atoms with E-state index in [1.54, 1.807) is 13.0 Å². The van der Waals surface area contributed by atoms with Gasteiger partial charge in [-0.15, -0.1) is 4.91 Å². The van der Waals surface area contributed by atoms with Gasteiger partial charge in [0, 0.05) is 17.4 Å². The molecule has 0 spiro atoms. The maximum atomic E-state index is 10.4. The van der Waals surface area contributed by atoms with E-state index in [0.29, 0.717) is 12.0 Å². The highest BCUT2D eigenvalue weighted by Gasteiger charge is 2.19. The van der Waals surface area contributed by atoms with E-state index in [9.17, 15) is 15.0 Å². The van der Waals surface area contributed by atoms with Gasteiger partial charge < -0.3 is 0 Å². The second-order valence-electron chi connectivity index (χ2n) is 2.74. The van der Waals surface area contributed by atoms with Crippen molar-refractivity contribution in [2.75, 3.05) is 0 Å². The second kappa shape index (κ2) is 5.80. The van der Waals surface area contributed by atoms with Crippen LogP contribution in [0.5, 0.6) is 0 Å². The molecule has 0 heterocycles. The molecule has 0 aromatic rings. The number of rotatable bonds is 5. The van der Waals surface area contributed by atoms with Crippen molar-refractivity contribution >= 4 is 0 Å². The van der Waals surface area contributed by atoms with Crippen molar-refractivity contribution in [3.63, 3.8) is 0 Å². The van der Waals surface area contributed by atoms with Crippen molar-refractivity contribution in [3.05, 3.63) is 26.7 Å². The third-order valence-electron chi connectivity index (χ3n) is 1.88. The van der Waals surface area contributed by atoms with Gasteiger partial charge in [-0.05, 0) is 17.7 Å². The van der Waals surface area contributed by atoms with Crippen LogP contribution in [0.2, 0.25) is 0 Å². The van der Waals surface area contributed by atoms with Crippen LogP contribution < -0.4 is 0 Å². The molecule has 0 saturated carbocycles. The number of hydrogen-bond donors (Lipinski definition) is 0. The monoisotopic (exact) mass is 197 g/mol. The summed E-state index contributed by atoms with van der Waals surface area (Å²) in [6.07, 6.45) is 1.68. The summed E-state index contributed by atoms with van der Waals surface area (Å²) in [5, 5.41) is 21.4. The maximum Gasteiger partial charge on any atom is 0.231 e. The molecule has 0 radical (unpaired) electrons. The molecule has 0 saturated heterocycles. The van der Waals surface area contributed by atoms with E-state index in [1.165, 1.54) is 13.0 Å². The number of hydrogen-bond acceptors (Lipinski definition) is 5. The van der Waals surface area contributed by atoms with E-state index >= 15 is 0 Å². The summed E-state index contributed by atoms with van der Waals surface area (Å²) < 4.78 is 0. The Morgan fingerprint density at radius 2 is 2.36 bits per heavy atom. The van der Waals surface area contributed by atoms with Crippen molar-refractivity contribution in [3.8, 4) is 6.07 Å². The van der Waals surface area contributed by atoms with E-state index in [-0.39, 0.29) is 0 Å². The van der Waals surface area contributed by atoms with Gasteiger partial charge >= 0.3 is 0 Å². The molecule has 6 heteroatoms. The summed E-state index contributed by atoms with van der Waals surface area (Å²) in [4.78, 5) is 20.1. The minimum atomic E-state index is -1.13. The minimum Gasteiger partial charge on any atom is -0.264 e. The van der Waals surface area contributed by atoms with Gasteiger partial charge in [0.15, 0.2) is 6.04 Å². The van der Waals surface area contributed by atoms with Crippen LogP contribution in [0.1, 0.15) is 20.3 Å². The summed E-state index contributed by atoms with van der Waals surface area (Å²) in [5.74, 6) is 0. The molecule has 0 aliphatic carbocycles. The molecule has 0 aliphatic rings. The summed E-state index contributed by atoms with van der Waals surface area (Å²) in [5.41, 5.74) is 0.446. The first-order valence-electron chi connectivity index (χ1n) is 4.13. The molecular formula is C8H11N3O3. The van der Waals surface area contributed by atoms with Crippen LogP contribution in [0.15, 0.2) is 16.8 Å². The van der Waals surface area contributed by atoms with Gasteiger partial charge in [0.25, 0.3) is 0 Å². The topological polar surface area (TPSA) is 96.4 Å². The summed E-state index contributed by atoms with van der Waals surface area (Å²) in [6, 6.07) is -0.377. The van der Waals surface area contributed by atoms with E-state index in [2.05, 4.69) is 5.18 Å². The number of nitriles is 1. The molecule has 0 aromatic carbocycles. The van der Waals surface area contributed by atoms with Gasteiger partial charge in [-0.2, -0.15) is 5.26 Å². The number of nitrogens with zero attached hydrogens (tertiary/aromatic N) is 3. The molecule has 6 nitrogen and oxygen atoms in total. The molecule has 0 amide bonds. The lowest BCUT2D eigenvalue weighted by molar-refractivity contribution is -0.508. The first-order chi connectivity index (χ1) is 6.56. The van der Waals surface area contributed by atoms with Crippen LogP contribution in [0.3, 0.4) is 0 Å². The Morgan fingerprint density at radius 3 is 2.64 bits per heavy atom. The lowest BCUT2D eigenvalue weighted by Crippen LogP contribution is -2.18. The first-order valence-corrected chi connectivity index (χ1v) is 4.13. The molecule has 0 N–H and O–H groups in total. The normalized spacial score (nSPS) is 15.4. The Hall–Kier alpha value is -1.77. The van der Waals surface area contributed by atoms with Gasteiger partial charge in [-0.1, -0.05) is 6.92 Å². The SMILES string of the molecule is CCC(=CC(C#N)N=O)C(C)[N+](=O)[O-]. The predicted octanol–water partition coefficient (Wildman–Crippen LogP) is 1.65. The lowest BCUT2D eigenvalue weighted by atomic mass is 10.0. The molecule has 0 bridgehead atoms. The van der Waals surface area contributed by atoms with Crippen molar-refractivity contribution in [2.45, 2.75) is 32.4 Å². The minimum absolute atomic E-state index is 0.426. The lowest BCUT2D eigenvalue weighted by Gasteiger charge is -2.06. The number of nitro groups is 1. The standard InChI is InChI=1S/C8H11N3O3/c1-3-7(6(2)11(13)14)4-8(5-9)10-12/h4,6,8H,3H2,1-2H3. The van der Waals surface area contributed by atoms with Crippen LogP contribution in [-0.2, 0) is 0 Å². The fourth-order valence-electron chi connectivity index (χ4n) is 0.982. The molecule has 0 aliphatic heterocycles. The Balaban J connectivity index is 4.79.